The van der Waals surface area contributed by atoms with Gasteiger partial charge in [0, 0.05) is 24.5 Å². The van der Waals surface area contributed by atoms with E-state index < -0.39 is 0 Å². The highest BCUT2D eigenvalue weighted by molar-refractivity contribution is 5.90. The second kappa shape index (κ2) is 6.76. The van der Waals surface area contributed by atoms with Gasteiger partial charge in [0.1, 0.15) is 0 Å². The molecular weight excluding hydrogens is 296 g/mol. The maximum absolute atomic E-state index is 12.3. The summed E-state index contributed by atoms with van der Waals surface area (Å²) in [5.41, 5.74) is 3.40. The van der Waals surface area contributed by atoms with E-state index in [0.717, 1.165) is 23.9 Å². The first kappa shape index (κ1) is 15.4. The maximum Gasteiger partial charge on any atom is 0.224 e. The second-order valence-electron chi connectivity index (χ2n) is 7.42. The Morgan fingerprint density at radius 1 is 1.00 bits per heavy atom. The molecule has 0 radical (unpaired) electrons. The predicted octanol–water partition coefficient (Wildman–Crippen LogP) is 4.44. The molecule has 3 nitrogen and oxygen atoms in total. The van der Waals surface area contributed by atoms with Crippen molar-refractivity contribution >= 4 is 11.6 Å². The van der Waals surface area contributed by atoms with Gasteiger partial charge < -0.3 is 5.32 Å². The van der Waals surface area contributed by atoms with Gasteiger partial charge in [-0.3, -0.25) is 9.78 Å². The lowest BCUT2D eigenvalue weighted by atomic mass is 9.86. The number of pyridine rings is 1. The predicted molar refractivity (Wildman–Crippen MR) is 95.7 cm³/mol. The van der Waals surface area contributed by atoms with E-state index in [2.05, 4.69) is 22.4 Å². The van der Waals surface area contributed by atoms with Crippen LogP contribution >= 0.6 is 0 Å². The molecule has 24 heavy (non-hydrogen) atoms. The smallest absolute Gasteiger partial charge is 0.224 e. The molecule has 0 saturated heterocycles. The Bertz CT molecular complexity index is 696. The molecule has 1 aromatic heterocycles. The number of carbonyl (C=O) groups excluding carboxylic acids is 1. The fourth-order valence-corrected chi connectivity index (χ4v) is 4.52. The van der Waals surface area contributed by atoms with Gasteiger partial charge in [0.15, 0.2) is 0 Å². The number of aromatic nitrogens is 1. The van der Waals surface area contributed by atoms with E-state index >= 15 is 0 Å². The minimum absolute atomic E-state index is 0.175. The Morgan fingerprint density at radius 2 is 1.75 bits per heavy atom. The molecule has 2 aromatic rings. The Labute approximate surface area is 143 Å². The van der Waals surface area contributed by atoms with Crippen molar-refractivity contribution in [1.29, 1.82) is 0 Å². The molecule has 1 N–H and O–H groups in total. The topological polar surface area (TPSA) is 42.0 Å². The zero-order valence-electron chi connectivity index (χ0n) is 13.9. The van der Waals surface area contributed by atoms with E-state index in [1.165, 1.54) is 36.8 Å². The molecule has 2 aliphatic rings. The Balaban J connectivity index is 1.31. The summed E-state index contributed by atoms with van der Waals surface area (Å²) in [6, 6.07) is 12.3. The van der Waals surface area contributed by atoms with Gasteiger partial charge in [-0.05, 0) is 78.8 Å². The second-order valence-corrected chi connectivity index (χ2v) is 7.42. The third-order valence-electron chi connectivity index (χ3n) is 5.73. The number of nitrogens with zero attached hydrogens (tertiary/aromatic N) is 1. The van der Waals surface area contributed by atoms with Crippen LogP contribution in [0.2, 0.25) is 0 Å². The van der Waals surface area contributed by atoms with Crippen LogP contribution in [0, 0.1) is 17.8 Å². The van der Waals surface area contributed by atoms with Crippen molar-refractivity contribution in [1.82, 2.24) is 4.98 Å². The van der Waals surface area contributed by atoms with Gasteiger partial charge in [-0.1, -0.05) is 18.6 Å². The van der Waals surface area contributed by atoms with E-state index in [-0.39, 0.29) is 5.91 Å². The van der Waals surface area contributed by atoms with Crippen LogP contribution in [0.3, 0.4) is 0 Å². The summed E-state index contributed by atoms with van der Waals surface area (Å²) in [6.07, 6.45) is 10.6. The van der Waals surface area contributed by atoms with Crippen molar-refractivity contribution in [2.45, 2.75) is 38.5 Å². The number of hydrogen-bond donors (Lipinski definition) is 1. The minimum atomic E-state index is 0.175. The summed E-state index contributed by atoms with van der Waals surface area (Å²) in [7, 11) is 0. The average molecular weight is 320 g/mol. The van der Waals surface area contributed by atoms with Crippen molar-refractivity contribution in [3.63, 3.8) is 0 Å². The molecule has 3 atom stereocenters. The lowest BCUT2D eigenvalue weighted by molar-refractivity contribution is -0.117. The fourth-order valence-electron chi connectivity index (χ4n) is 4.52. The average Bonchev–Trinajstić information content (AvgIpc) is 3.20. The molecule has 3 heteroatoms. The van der Waals surface area contributed by atoms with Gasteiger partial charge in [0.25, 0.3) is 0 Å². The highest BCUT2D eigenvalue weighted by Gasteiger charge is 2.40. The number of amides is 1. The molecule has 1 amide bonds. The molecule has 2 aliphatic carbocycles. The molecule has 0 aliphatic heterocycles. The standard InChI is InChI=1S/C21H24N2O/c24-21(14-19-13-17-1-4-18(19)12-17)23-20-5-2-15(3-6-20)11-16-7-9-22-10-8-16/h2-3,5-10,17-19H,1,4,11-14H2,(H,23,24)/t17-,18+,19-/m0/s1. The summed E-state index contributed by atoms with van der Waals surface area (Å²) in [6.45, 7) is 0. The van der Waals surface area contributed by atoms with Crippen LogP contribution in [0.4, 0.5) is 5.69 Å². The quantitative estimate of drug-likeness (QED) is 0.885. The van der Waals surface area contributed by atoms with Crippen molar-refractivity contribution < 1.29 is 4.79 Å². The first-order chi connectivity index (χ1) is 11.8. The number of carbonyl (C=O) groups is 1. The van der Waals surface area contributed by atoms with Crippen LogP contribution in [0.5, 0.6) is 0 Å². The normalized spacial score (nSPS) is 24.9. The number of fused-ring (bicyclic) bond motifs is 2. The van der Waals surface area contributed by atoms with Crippen molar-refractivity contribution in [3.8, 4) is 0 Å². The number of rotatable bonds is 5. The number of benzene rings is 1. The van der Waals surface area contributed by atoms with Crippen molar-refractivity contribution in [3.05, 3.63) is 59.9 Å². The first-order valence-electron chi connectivity index (χ1n) is 9.04. The first-order valence-corrected chi connectivity index (χ1v) is 9.04. The summed E-state index contributed by atoms with van der Waals surface area (Å²) >= 11 is 0. The molecule has 0 unspecified atom stereocenters. The third kappa shape index (κ3) is 3.50. The van der Waals surface area contributed by atoms with Crippen LogP contribution in [0.1, 0.15) is 43.2 Å². The molecule has 1 heterocycles. The number of hydrogen-bond acceptors (Lipinski definition) is 2. The van der Waals surface area contributed by atoms with Gasteiger partial charge in [-0.15, -0.1) is 0 Å². The molecule has 0 spiro atoms. The van der Waals surface area contributed by atoms with E-state index in [1.807, 2.05) is 36.7 Å². The minimum Gasteiger partial charge on any atom is -0.326 e. The monoisotopic (exact) mass is 320 g/mol. The molecule has 124 valence electrons. The Kier molecular flexibility index (Phi) is 4.33. The summed E-state index contributed by atoms with van der Waals surface area (Å²) in [5.74, 6) is 2.51. The van der Waals surface area contributed by atoms with Crippen LogP contribution < -0.4 is 5.32 Å². The van der Waals surface area contributed by atoms with Crippen LogP contribution in [0.25, 0.3) is 0 Å². The lowest BCUT2D eigenvalue weighted by Gasteiger charge is -2.20. The van der Waals surface area contributed by atoms with Crippen LogP contribution in [-0.2, 0) is 11.2 Å². The van der Waals surface area contributed by atoms with Gasteiger partial charge in [-0.25, -0.2) is 0 Å². The highest BCUT2D eigenvalue weighted by Crippen LogP contribution is 2.49. The summed E-state index contributed by atoms with van der Waals surface area (Å²) < 4.78 is 0. The number of anilines is 1. The Hall–Kier alpha value is -2.16. The molecule has 1 aromatic carbocycles. The molecule has 2 saturated carbocycles. The van der Waals surface area contributed by atoms with Gasteiger partial charge in [0.2, 0.25) is 5.91 Å². The molecule has 4 rings (SSSR count). The van der Waals surface area contributed by atoms with E-state index in [0.29, 0.717) is 12.3 Å². The zero-order valence-corrected chi connectivity index (χ0v) is 13.9. The van der Waals surface area contributed by atoms with Crippen molar-refractivity contribution in [2.75, 3.05) is 5.32 Å². The molecule has 2 fully saturated rings. The molecular formula is C21H24N2O. The fraction of sp³-hybridized carbons (Fsp3) is 0.429. The van der Waals surface area contributed by atoms with Gasteiger partial charge in [0.05, 0.1) is 0 Å². The van der Waals surface area contributed by atoms with Gasteiger partial charge in [-0.2, -0.15) is 0 Å². The van der Waals surface area contributed by atoms with Crippen molar-refractivity contribution in [2.24, 2.45) is 17.8 Å². The lowest BCUT2D eigenvalue weighted by Crippen LogP contribution is -2.20. The van der Waals surface area contributed by atoms with E-state index in [4.69, 9.17) is 0 Å². The third-order valence-corrected chi connectivity index (χ3v) is 5.73. The maximum atomic E-state index is 12.3. The zero-order chi connectivity index (χ0) is 16.4. The van der Waals surface area contributed by atoms with Gasteiger partial charge >= 0.3 is 0 Å². The van der Waals surface area contributed by atoms with Crippen LogP contribution in [-0.4, -0.2) is 10.9 Å². The van der Waals surface area contributed by atoms with E-state index in [9.17, 15) is 4.79 Å². The SMILES string of the molecule is O=C(C[C@@H]1C[C@H]2CC[C@@H]1C2)Nc1ccc(Cc2ccncc2)cc1. The highest BCUT2D eigenvalue weighted by atomic mass is 16.1. The summed E-state index contributed by atoms with van der Waals surface area (Å²) in [4.78, 5) is 16.3. The summed E-state index contributed by atoms with van der Waals surface area (Å²) in [5, 5.41) is 3.07. The van der Waals surface area contributed by atoms with Crippen LogP contribution in [0.15, 0.2) is 48.8 Å². The molecule has 2 bridgehead atoms. The Morgan fingerprint density at radius 3 is 2.42 bits per heavy atom. The van der Waals surface area contributed by atoms with E-state index in [1.54, 1.807) is 0 Å². The number of nitrogens with one attached hydrogen (secondary N) is 1. The largest absolute Gasteiger partial charge is 0.326 e.